The molecule has 2 aliphatic carbocycles. The number of ketones is 1. The summed E-state index contributed by atoms with van der Waals surface area (Å²) in [6.45, 7) is 7.08. The molecule has 0 aliphatic heterocycles. The average molecular weight is 416 g/mol. The monoisotopic (exact) mass is 416 g/mol. The molecule has 7 heteroatoms. The summed E-state index contributed by atoms with van der Waals surface area (Å²) in [5.74, 6) is -0.851. The van der Waals surface area contributed by atoms with Crippen LogP contribution in [-0.2, 0) is 23.8 Å². The van der Waals surface area contributed by atoms with Crippen LogP contribution in [-0.4, -0.2) is 49.9 Å². The Hall–Kier alpha value is -2.80. The van der Waals surface area contributed by atoms with Crippen LogP contribution in [0.2, 0.25) is 0 Å². The molecule has 0 heterocycles. The molecule has 0 amide bonds. The van der Waals surface area contributed by atoms with Crippen LogP contribution >= 0.6 is 0 Å². The first-order valence-corrected chi connectivity index (χ1v) is 9.75. The van der Waals surface area contributed by atoms with Gasteiger partial charge < -0.3 is 24.1 Å². The summed E-state index contributed by atoms with van der Waals surface area (Å²) in [5, 5.41) is 10.1. The van der Waals surface area contributed by atoms with Crippen LogP contribution in [0.15, 0.2) is 42.7 Å². The Morgan fingerprint density at radius 1 is 1.27 bits per heavy atom. The van der Waals surface area contributed by atoms with Crippen LogP contribution in [0.1, 0.15) is 31.7 Å². The van der Waals surface area contributed by atoms with E-state index in [0.717, 1.165) is 5.56 Å². The first-order chi connectivity index (χ1) is 14.2. The average Bonchev–Trinajstić information content (AvgIpc) is 2.84. The highest BCUT2D eigenvalue weighted by Crippen LogP contribution is 2.63. The lowest BCUT2D eigenvalue weighted by molar-refractivity contribution is -0.177. The summed E-state index contributed by atoms with van der Waals surface area (Å²) in [6, 6.07) is 4.93. The second kappa shape index (κ2) is 7.80. The van der Waals surface area contributed by atoms with E-state index in [0.29, 0.717) is 12.2 Å². The van der Waals surface area contributed by atoms with Crippen molar-refractivity contribution in [2.75, 3.05) is 21.3 Å². The lowest BCUT2D eigenvalue weighted by Gasteiger charge is -2.42. The zero-order chi connectivity index (χ0) is 22.3. The smallest absolute Gasteiger partial charge is 0.303 e. The number of hydrogen-bond donors (Lipinski definition) is 1. The third-order valence-electron chi connectivity index (χ3n) is 6.50. The topological polar surface area (TPSA) is 91.3 Å². The van der Waals surface area contributed by atoms with E-state index < -0.39 is 29.0 Å². The van der Waals surface area contributed by atoms with Crippen LogP contribution in [0.5, 0.6) is 11.5 Å². The second-order valence-corrected chi connectivity index (χ2v) is 7.80. The molecule has 0 spiro atoms. The first kappa shape index (κ1) is 21.9. The van der Waals surface area contributed by atoms with Crippen LogP contribution in [0.25, 0.3) is 0 Å². The lowest BCUT2D eigenvalue weighted by Crippen LogP contribution is -2.58. The molecule has 2 bridgehead atoms. The van der Waals surface area contributed by atoms with E-state index >= 15 is 0 Å². The van der Waals surface area contributed by atoms with Gasteiger partial charge >= 0.3 is 5.97 Å². The minimum Gasteiger partial charge on any atom is -0.504 e. The van der Waals surface area contributed by atoms with Gasteiger partial charge in [-0.3, -0.25) is 9.59 Å². The molecule has 0 unspecified atom stereocenters. The van der Waals surface area contributed by atoms with Crippen molar-refractivity contribution < 1.29 is 33.6 Å². The molecule has 1 N–H and O–H groups in total. The summed E-state index contributed by atoms with van der Waals surface area (Å²) in [7, 11) is 4.37. The van der Waals surface area contributed by atoms with Gasteiger partial charge in [0.05, 0.1) is 19.6 Å². The fraction of sp³-hybridized carbons (Fsp3) is 0.478. The highest BCUT2D eigenvalue weighted by Gasteiger charge is 2.73. The van der Waals surface area contributed by atoms with Gasteiger partial charge in [-0.1, -0.05) is 19.1 Å². The van der Waals surface area contributed by atoms with Gasteiger partial charge in [-0.15, -0.1) is 6.58 Å². The van der Waals surface area contributed by atoms with E-state index in [2.05, 4.69) is 6.58 Å². The fourth-order valence-corrected chi connectivity index (χ4v) is 5.21. The van der Waals surface area contributed by atoms with Gasteiger partial charge in [-0.25, -0.2) is 0 Å². The van der Waals surface area contributed by atoms with E-state index in [9.17, 15) is 14.7 Å². The molecule has 0 saturated heterocycles. The van der Waals surface area contributed by atoms with Crippen LogP contribution in [0, 0.1) is 11.3 Å². The maximum atomic E-state index is 14.0. The maximum absolute atomic E-state index is 14.0. The van der Waals surface area contributed by atoms with Gasteiger partial charge in [0.15, 0.2) is 29.0 Å². The Balaban J connectivity index is 2.32. The number of carbonyl (C=O) groups is 2. The number of hydrogen-bond acceptors (Lipinski definition) is 7. The molecule has 30 heavy (non-hydrogen) atoms. The van der Waals surface area contributed by atoms with E-state index in [-0.39, 0.29) is 23.2 Å². The quantitative estimate of drug-likeness (QED) is 0.539. The molecule has 3 rings (SSSR count). The third kappa shape index (κ3) is 2.83. The van der Waals surface area contributed by atoms with Crippen molar-refractivity contribution in [1.82, 2.24) is 0 Å². The number of rotatable bonds is 7. The summed E-state index contributed by atoms with van der Waals surface area (Å²) in [5.41, 5.74) is -1.72. The Labute approximate surface area is 176 Å². The second-order valence-electron chi connectivity index (χ2n) is 7.80. The van der Waals surface area contributed by atoms with Gasteiger partial charge in [0.25, 0.3) is 0 Å². The molecule has 7 nitrogen and oxygen atoms in total. The number of phenols is 1. The van der Waals surface area contributed by atoms with Crippen molar-refractivity contribution in [1.29, 1.82) is 0 Å². The van der Waals surface area contributed by atoms with Gasteiger partial charge in [-0.2, -0.15) is 0 Å². The molecular formula is C23H28O7. The number of allylic oxidation sites excluding steroid dienone is 2. The molecule has 0 radical (unpaired) electrons. The molecule has 1 saturated carbocycles. The number of fused-ring (bicyclic) bond motifs is 2. The van der Waals surface area contributed by atoms with E-state index in [1.807, 2.05) is 6.92 Å². The van der Waals surface area contributed by atoms with Crippen molar-refractivity contribution in [2.45, 2.75) is 37.9 Å². The standard InChI is InChI=1S/C23H28O7/c1-7-10-22-12-18(28-5)20(30-14(3)24)23(29-6,21(22)26)19(13(22)2)15-8-9-16(25)17(11-15)27-4/h7-9,11-13,19-20,25H,1,10H2,2-6H3/t13-,19+,20+,22-,23+/m1/s1. The number of methoxy groups -OCH3 is 3. The first-order valence-electron chi connectivity index (χ1n) is 9.75. The van der Waals surface area contributed by atoms with E-state index in [4.69, 9.17) is 18.9 Å². The molecule has 2 aliphatic rings. The molecule has 1 aromatic carbocycles. The van der Waals surface area contributed by atoms with E-state index in [1.54, 1.807) is 24.3 Å². The maximum Gasteiger partial charge on any atom is 0.303 e. The summed E-state index contributed by atoms with van der Waals surface area (Å²) >= 11 is 0. The van der Waals surface area contributed by atoms with Crippen LogP contribution < -0.4 is 4.74 Å². The largest absolute Gasteiger partial charge is 0.504 e. The SMILES string of the molecule is C=CC[C@]12C=C(OC)[C@H](OC(C)=O)[C@](OC)(C1=O)[C@H](c1ccc(O)c(OC)c1)[C@H]2C. The Morgan fingerprint density at radius 3 is 2.50 bits per heavy atom. The zero-order valence-electron chi connectivity index (χ0n) is 17.9. The lowest BCUT2D eigenvalue weighted by atomic mass is 9.70. The van der Waals surface area contributed by atoms with Gasteiger partial charge in [-0.05, 0) is 36.1 Å². The number of ether oxygens (including phenoxy) is 4. The van der Waals surface area contributed by atoms with Crippen molar-refractivity contribution in [3.63, 3.8) is 0 Å². The zero-order valence-corrected chi connectivity index (χ0v) is 17.9. The van der Waals surface area contributed by atoms with Crippen molar-refractivity contribution in [3.8, 4) is 11.5 Å². The third-order valence-corrected chi connectivity index (χ3v) is 6.50. The number of aromatic hydroxyl groups is 1. The normalized spacial score (nSPS) is 32.4. The molecule has 5 atom stereocenters. The van der Waals surface area contributed by atoms with E-state index in [1.165, 1.54) is 34.3 Å². The predicted molar refractivity (Wildman–Crippen MR) is 109 cm³/mol. The summed E-state index contributed by atoms with van der Waals surface area (Å²) in [4.78, 5) is 25.9. The summed E-state index contributed by atoms with van der Waals surface area (Å²) in [6.07, 6.45) is 2.78. The summed E-state index contributed by atoms with van der Waals surface area (Å²) < 4.78 is 22.4. The number of esters is 1. The number of carbonyl (C=O) groups excluding carboxylic acids is 2. The molecule has 0 aromatic heterocycles. The highest BCUT2D eigenvalue weighted by atomic mass is 16.6. The molecular weight excluding hydrogens is 388 g/mol. The minimum atomic E-state index is -1.50. The molecule has 1 aromatic rings. The van der Waals surface area contributed by atoms with Gasteiger partial charge in [0.1, 0.15) is 5.76 Å². The fourth-order valence-electron chi connectivity index (χ4n) is 5.21. The molecule has 1 fully saturated rings. The predicted octanol–water partition coefficient (Wildman–Crippen LogP) is 3.13. The number of benzene rings is 1. The Morgan fingerprint density at radius 2 is 1.97 bits per heavy atom. The van der Waals surface area contributed by atoms with Gasteiger partial charge in [0, 0.05) is 20.0 Å². The van der Waals surface area contributed by atoms with Crippen molar-refractivity contribution >= 4 is 11.8 Å². The van der Waals surface area contributed by atoms with Crippen molar-refractivity contribution in [3.05, 3.63) is 48.3 Å². The van der Waals surface area contributed by atoms with Crippen LogP contribution in [0.4, 0.5) is 0 Å². The number of Topliss-reactive ketones (excluding diaryl/α,β-unsaturated/α-hetero) is 1. The van der Waals surface area contributed by atoms with Crippen molar-refractivity contribution in [2.24, 2.45) is 11.3 Å². The minimum absolute atomic E-state index is 0.0132. The van der Waals surface area contributed by atoms with Crippen LogP contribution in [0.3, 0.4) is 0 Å². The molecule has 162 valence electrons. The number of phenolic OH excluding ortho intramolecular Hbond substituents is 1. The Kier molecular flexibility index (Phi) is 5.69. The van der Waals surface area contributed by atoms with Gasteiger partial charge in [0.2, 0.25) is 0 Å². The Bertz CT molecular complexity index is 905. The highest BCUT2D eigenvalue weighted by molar-refractivity contribution is 6.01.